The van der Waals surface area contributed by atoms with E-state index in [1.54, 1.807) is 33.0 Å². The van der Waals surface area contributed by atoms with Gasteiger partial charge in [0, 0.05) is 19.8 Å². The molecule has 8 heteroatoms. The van der Waals surface area contributed by atoms with Crippen molar-refractivity contribution in [3.8, 4) is 0 Å². The van der Waals surface area contributed by atoms with Crippen molar-refractivity contribution >= 4 is 15.7 Å². The zero-order chi connectivity index (χ0) is 15.7. The predicted octanol–water partition coefficient (Wildman–Crippen LogP) is 2.53. The van der Waals surface area contributed by atoms with Gasteiger partial charge in [0.2, 0.25) is 10.0 Å². The minimum atomic E-state index is -4.57. The highest BCUT2D eigenvalue weighted by Crippen LogP contribution is 2.28. The van der Waals surface area contributed by atoms with Gasteiger partial charge in [-0.15, -0.1) is 0 Å². The van der Waals surface area contributed by atoms with Gasteiger partial charge in [-0.2, -0.15) is 17.5 Å². The summed E-state index contributed by atoms with van der Waals surface area (Å²) in [6.07, 6.45) is -4.57. The van der Waals surface area contributed by atoms with Crippen molar-refractivity contribution in [3.63, 3.8) is 0 Å². The van der Waals surface area contributed by atoms with Gasteiger partial charge in [-0.05, 0) is 37.1 Å². The molecular formula is C12H17F3N2O2S. The molecule has 114 valence electrons. The number of benzene rings is 1. The molecule has 0 bridgehead atoms. The lowest BCUT2D eigenvalue weighted by atomic mass is 10.1. The second-order valence-corrected chi connectivity index (χ2v) is 6.55. The minimum Gasteiger partial charge on any atom is -0.388 e. The number of rotatable bonds is 4. The normalized spacial score (nSPS) is 12.8. The zero-order valence-electron chi connectivity index (χ0n) is 11.7. The lowest BCUT2D eigenvalue weighted by Crippen LogP contribution is -2.36. The number of nitrogens with one attached hydrogen (secondary N) is 1. The molecular weight excluding hydrogens is 293 g/mol. The van der Waals surface area contributed by atoms with Crippen molar-refractivity contribution in [2.24, 2.45) is 0 Å². The molecule has 20 heavy (non-hydrogen) atoms. The van der Waals surface area contributed by atoms with Crippen LogP contribution in [0.2, 0.25) is 0 Å². The van der Waals surface area contributed by atoms with Gasteiger partial charge in [0.25, 0.3) is 0 Å². The number of aryl methyl sites for hydroxylation is 2. The van der Waals surface area contributed by atoms with Crippen LogP contribution in [0.15, 0.2) is 17.0 Å². The Hall–Kier alpha value is -1.28. The molecule has 0 heterocycles. The van der Waals surface area contributed by atoms with Gasteiger partial charge in [-0.1, -0.05) is 0 Å². The fraction of sp³-hybridized carbons (Fsp3) is 0.500. The van der Waals surface area contributed by atoms with Crippen LogP contribution in [0.3, 0.4) is 0 Å². The molecule has 1 aromatic rings. The predicted molar refractivity (Wildman–Crippen MR) is 71.3 cm³/mol. The fourth-order valence-corrected chi connectivity index (χ4v) is 3.55. The number of hydrogen-bond donors (Lipinski definition) is 1. The van der Waals surface area contributed by atoms with E-state index < -0.39 is 22.7 Å². The zero-order valence-corrected chi connectivity index (χ0v) is 12.5. The Kier molecular flexibility index (Phi) is 4.70. The molecule has 0 unspecified atom stereocenters. The van der Waals surface area contributed by atoms with E-state index >= 15 is 0 Å². The van der Waals surface area contributed by atoms with Gasteiger partial charge in [0.15, 0.2) is 0 Å². The molecule has 0 aliphatic heterocycles. The van der Waals surface area contributed by atoms with Gasteiger partial charge in [-0.3, -0.25) is 0 Å². The van der Waals surface area contributed by atoms with Crippen molar-refractivity contribution in [1.29, 1.82) is 0 Å². The summed E-state index contributed by atoms with van der Waals surface area (Å²) in [5, 5.41) is 2.87. The maximum atomic E-state index is 12.4. The Morgan fingerprint density at radius 3 is 2.00 bits per heavy atom. The highest BCUT2D eigenvalue weighted by atomic mass is 32.2. The molecule has 0 fully saturated rings. The lowest BCUT2D eigenvalue weighted by Gasteiger charge is -2.21. The molecule has 0 saturated heterocycles. The number of sulfonamides is 1. The van der Waals surface area contributed by atoms with Crippen LogP contribution in [-0.2, 0) is 10.0 Å². The standard InChI is InChI=1S/C12H17F3N2O2S/c1-8-5-10(16-3)6-9(2)11(8)20(18,19)17(4)7-12(13,14)15/h5-6,16H,7H2,1-4H3. The first-order chi connectivity index (χ1) is 8.99. The van der Waals surface area contributed by atoms with Gasteiger partial charge < -0.3 is 5.32 Å². The smallest absolute Gasteiger partial charge is 0.388 e. The highest BCUT2D eigenvalue weighted by Gasteiger charge is 2.35. The Bertz CT molecular complexity index is 574. The van der Waals surface area contributed by atoms with Crippen LogP contribution in [0.5, 0.6) is 0 Å². The topological polar surface area (TPSA) is 49.4 Å². The summed E-state index contributed by atoms with van der Waals surface area (Å²) < 4.78 is 61.9. The number of halogens is 3. The highest BCUT2D eigenvalue weighted by molar-refractivity contribution is 7.89. The average molecular weight is 310 g/mol. The van der Waals surface area contributed by atoms with E-state index in [0.29, 0.717) is 21.1 Å². The summed E-state index contributed by atoms with van der Waals surface area (Å²) in [6, 6.07) is 3.17. The Morgan fingerprint density at radius 2 is 1.65 bits per heavy atom. The minimum absolute atomic E-state index is 0.0803. The quantitative estimate of drug-likeness (QED) is 0.930. The average Bonchev–Trinajstić information content (AvgIpc) is 2.24. The van der Waals surface area contributed by atoms with Gasteiger partial charge in [-0.25, -0.2) is 8.42 Å². The monoisotopic (exact) mass is 310 g/mol. The Morgan fingerprint density at radius 1 is 1.20 bits per heavy atom. The molecule has 0 aliphatic rings. The third-order valence-corrected chi connectivity index (χ3v) is 4.93. The first kappa shape index (κ1) is 16.8. The first-order valence-corrected chi connectivity index (χ1v) is 7.25. The molecule has 0 amide bonds. The molecule has 0 aliphatic carbocycles. The number of alkyl halides is 3. The molecule has 0 atom stereocenters. The summed E-state index contributed by atoms with van der Waals surface area (Å²) >= 11 is 0. The second-order valence-electron chi connectivity index (χ2n) is 4.57. The van der Waals surface area contributed by atoms with E-state index in [2.05, 4.69) is 5.32 Å². The van der Waals surface area contributed by atoms with Crippen molar-refractivity contribution in [3.05, 3.63) is 23.3 Å². The molecule has 0 spiro atoms. The number of anilines is 1. The molecule has 0 saturated carbocycles. The van der Waals surface area contributed by atoms with Crippen LogP contribution in [0, 0.1) is 13.8 Å². The Labute approximate surface area is 116 Å². The number of hydrogen-bond acceptors (Lipinski definition) is 3. The van der Waals surface area contributed by atoms with Crippen molar-refractivity contribution in [2.45, 2.75) is 24.9 Å². The summed E-state index contributed by atoms with van der Waals surface area (Å²) in [5.41, 5.74) is 1.52. The molecule has 4 nitrogen and oxygen atoms in total. The fourth-order valence-electron chi connectivity index (χ4n) is 1.99. The van der Waals surface area contributed by atoms with E-state index in [0.717, 1.165) is 7.05 Å². The van der Waals surface area contributed by atoms with Gasteiger partial charge >= 0.3 is 6.18 Å². The van der Waals surface area contributed by atoms with Crippen LogP contribution in [0.4, 0.5) is 18.9 Å². The van der Waals surface area contributed by atoms with E-state index in [1.165, 1.54) is 0 Å². The van der Waals surface area contributed by atoms with Crippen LogP contribution >= 0.6 is 0 Å². The summed E-state index contributed by atoms with van der Waals surface area (Å²) in [5.74, 6) is 0. The van der Waals surface area contributed by atoms with Crippen LogP contribution in [-0.4, -0.2) is 39.5 Å². The molecule has 1 rings (SSSR count). The van der Waals surface area contributed by atoms with E-state index in [9.17, 15) is 21.6 Å². The van der Waals surface area contributed by atoms with Crippen LogP contribution in [0.1, 0.15) is 11.1 Å². The lowest BCUT2D eigenvalue weighted by molar-refractivity contribution is -0.134. The van der Waals surface area contributed by atoms with E-state index in [4.69, 9.17) is 0 Å². The maximum absolute atomic E-state index is 12.4. The van der Waals surface area contributed by atoms with Crippen LogP contribution in [0.25, 0.3) is 0 Å². The first-order valence-electron chi connectivity index (χ1n) is 5.81. The molecule has 0 radical (unpaired) electrons. The maximum Gasteiger partial charge on any atom is 0.402 e. The van der Waals surface area contributed by atoms with E-state index in [1.807, 2.05) is 0 Å². The van der Waals surface area contributed by atoms with Gasteiger partial charge in [0.1, 0.15) is 6.54 Å². The van der Waals surface area contributed by atoms with Crippen molar-refractivity contribution in [1.82, 2.24) is 4.31 Å². The molecule has 1 aromatic carbocycles. The van der Waals surface area contributed by atoms with E-state index in [-0.39, 0.29) is 4.90 Å². The number of nitrogens with zero attached hydrogens (tertiary/aromatic N) is 1. The Balaban J connectivity index is 3.29. The van der Waals surface area contributed by atoms with Crippen molar-refractivity contribution < 1.29 is 21.6 Å². The van der Waals surface area contributed by atoms with Crippen molar-refractivity contribution in [2.75, 3.05) is 26.0 Å². The summed E-state index contributed by atoms with van der Waals surface area (Å²) in [6.45, 7) is 1.60. The molecule has 0 aromatic heterocycles. The van der Waals surface area contributed by atoms with Crippen LogP contribution < -0.4 is 5.32 Å². The second kappa shape index (κ2) is 5.61. The SMILES string of the molecule is CNc1cc(C)c(S(=O)(=O)N(C)CC(F)(F)F)c(C)c1. The summed E-state index contributed by atoms with van der Waals surface area (Å²) in [4.78, 5) is -0.0803. The third kappa shape index (κ3) is 3.63. The van der Waals surface area contributed by atoms with Gasteiger partial charge in [0.05, 0.1) is 4.90 Å². The molecule has 1 N–H and O–H groups in total. The largest absolute Gasteiger partial charge is 0.402 e. The summed E-state index contributed by atoms with van der Waals surface area (Å²) in [7, 11) is -1.57. The third-order valence-electron chi connectivity index (χ3n) is 2.82.